The van der Waals surface area contributed by atoms with E-state index in [0.29, 0.717) is 18.8 Å². The topological polar surface area (TPSA) is 55.6 Å². The summed E-state index contributed by atoms with van der Waals surface area (Å²) in [7, 11) is 0. The van der Waals surface area contributed by atoms with E-state index in [-0.39, 0.29) is 24.2 Å². The molecule has 5 heteroatoms. The van der Waals surface area contributed by atoms with Crippen molar-refractivity contribution in [3.8, 4) is 0 Å². The Labute approximate surface area is 122 Å². The Bertz CT molecular complexity index is 275. The van der Waals surface area contributed by atoms with Gasteiger partial charge in [0.15, 0.2) is 0 Å². The fourth-order valence-electron chi connectivity index (χ4n) is 2.92. The van der Waals surface area contributed by atoms with Crippen LogP contribution in [0.1, 0.15) is 45.4 Å². The standard InChI is InChI=1S/C14H26N2O2.ClH/c1-11(10-15)14(17)16-8-6-13(7-9-16)18-12-4-2-3-5-12;/h11-13H,2-10,15H2,1H3;1H. The molecule has 0 aromatic heterocycles. The third-order valence-electron chi connectivity index (χ3n) is 4.22. The lowest BCUT2D eigenvalue weighted by Crippen LogP contribution is -2.45. The Morgan fingerprint density at radius 3 is 2.26 bits per heavy atom. The lowest BCUT2D eigenvalue weighted by molar-refractivity contribution is -0.138. The summed E-state index contributed by atoms with van der Waals surface area (Å²) in [5.74, 6) is 0.161. The van der Waals surface area contributed by atoms with E-state index in [1.807, 2.05) is 11.8 Å². The van der Waals surface area contributed by atoms with Gasteiger partial charge in [0.2, 0.25) is 5.91 Å². The van der Waals surface area contributed by atoms with Gasteiger partial charge in [0.05, 0.1) is 12.2 Å². The number of nitrogens with two attached hydrogens (primary N) is 1. The minimum absolute atomic E-state index is 0. The molecule has 0 aromatic carbocycles. The van der Waals surface area contributed by atoms with E-state index in [0.717, 1.165) is 25.9 Å². The van der Waals surface area contributed by atoms with Crippen LogP contribution in [-0.4, -0.2) is 42.6 Å². The maximum Gasteiger partial charge on any atom is 0.226 e. The summed E-state index contributed by atoms with van der Waals surface area (Å²) in [5, 5.41) is 0. The first kappa shape index (κ1) is 16.7. The Hall–Kier alpha value is -0.320. The first-order chi connectivity index (χ1) is 8.70. The van der Waals surface area contributed by atoms with Crippen LogP contribution < -0.4 is 5.73 Å². The highest BCUT2D eigenvalue weighted by atomic mass is 35.5. The molecule has 112 valence electrons. The van der Waals surface area contributed by atoms with Crippen molar-refractivity contribution in [1.82, 2.24) is 4.90 Å². The number of ether oxygens (including phenoxy) is 1. The first-order valence-corrected chi connectivity index (χ1v) is 7.35. The zero-order valence-electron chi connectivity index (χ0n) is 11.8. The number of likely N-dealkylation sites (tertiary alicyclic amines) is 1. The van der Waals surface area contributed by atoms with Gasteiger partial charge >= 0.3 is 0 Å². The van der Waals surface area contributed by atoms with Crippen molar-refractivity contribution in [2.75, 3.05) is 19.6 Å². The number of nitrogens with zero attached hydrogens (tertiary/aromatic N) is 1. The SMILES string of the molecule is CC(CN)C(=O)N1CCC(OC2CCCC2)CC1.Cl. The van der Waals surface area contributed by atoms with Crippen LogP contribution in [-0.2, 0) is 9.53 Å². The molecule has 1 amide bonds. The molecule has 2 aliphatic rings. The maximum atomic E-state index is 12.0. The smallest absolute Gasteiger partial charge is 0.226 e. The lowest BCUT2D eigenvalue weighted by Gasteiger charge is -2.34. The fourth-order valence-corrected chi connectivity index (χ4v) is 2.92. The maximum absolute atomic E-state index is 12.0. The van der Waals surface area contributed by atoms with Gasteiger partial charge in [-0.15, -0.1) is 12.4 Å². The summed E-state index contributed by atoms with van der Waals surface area (Å²) < 4.78 is 6.10. The van der Waals surface area contributed by atoms with Gasteiger partial charge in [0.25, 0.3) is 0 Å². The molecule has 1 unspecified atom stereocenters. The Balaban J connectivity index is 0.00000180. The van der Waals surface area contributed by atoms with Gasteiger partial charge in [-0.1, -0.05) is 19.8 Å². The van der Waals surface area contributed by atoms with Gasteiger partial charge in [-0.25, -0.2) is 0 Å². The van der Waals surface area contributed by atoms with Crippen molar-refractivity contribution in [3.63, 3.8) is 0 Å². The predicted molar refractivity (Wildman–Crippen MR) is 78.4 cm³/mol. The predicted octanol–water partition coefficient (Wildman–Crippen LogP) is 1.95. The highest BCUT2D eigenvalue weighted by Gasteiger charge is 2.28. The molecule has 2 N–H and O–H groups in total. The summed E-state index contributed by atoms with van der Waals surface area (Å²) in [6.45, 7) is 4.02. The molecular weight excluding hydrogens is 264 g/mol. The molecule has 1 saturated heterocycles. The molecule has 1 saturated carbocycles. The third-order valence-corrected chi connectivity index (χ3v) is 4.22. The van der Waals surface area contributed by atoms with E-state index in [1.165, 1.54) is 25.7 Å². The largest absolute Gasteiger partial charge is 0.375 e. The van der Waals surface area contributed by atoms with Gasteiger partial charge in [0, 0.05) is 25.6 Å². The quantitative estimate of drug-likeness (QED) is 0.861. The highest BCUT2D eigenvalue weighted by Crippen LogP contribution is 2.25. The zero-order valence-corrected chi connectivity index (χ0v) is 12.7. The minimum atomic E-state index is -0.0442. The molecule has 19 heavy (non-hydrogen) atoms. The molecule has 1 heterocycles. The van der Waals surface area contributed by atoms with E-state index in [2.05, 4.69) is 0 Å². The highest BCUT2D eigenvalue weighted by molar-refractivity contribution is 5.85. The molecular formula is C14H27ClN2O2. The average molecular weight is 291 g/mol. The van der Waals surface area contributed by atoms with Crippen LogP contribution in [0.2, 0.25) is 0 Å². The molecule has 0 radical (unpaired) electrons. The van der Waals surface area contributed by atoms with Gasteiger partial charge in [-0.05, 0) is 25.7 Å². The van der Waals surface area contributed by atoms with Crippen LogP contribution in [0.4, 0.5) is 0 Å². The summed E-state index contributed by atoms with van der Waals surface area (Å²) in [4.78, 5) is 13.9. The van der Waals surface area contributed by atoms with E-state index >= 15 is 0 Å². The van der Waals surface area contributed by atoms with Crippen LogP contribution in [0.25, 0.3) is 0 Å². The van der Waals surface area contributed by atoms with Gasteiger partial charge in [-0.2, -0.15) is 0 Å². The molecule has 0 aromatic rings. The molecule has 1 aliphatic carbocycles. The fraction of sp³-hybridized carbons (Fsp3) is 0.929. The number of hydrogen-bond acceptors (Lipinski definition) is 3. The number of amides is 1. The molecule has 2 fully saturated rings. The van der Waals surface area contributed by atoms with Crippen LogP contribution in [0, 0.1) is 5.92 Å². The number of piperidine rings is 1. The molecule has 2 rings (SSSR count). The van der Waals surface area contributed by atoms with Crippen molar-refractivity contribution >= 4 is 18.3 Å². The van der Waals surface area contributed by atoms with Crippen LogP contribution >= 0.6 is 12.4 Å². The average Bonchev–Trinajstić information content (AvgIpc) is 2.91. The number of carbonyl (C=O) groups is 1. The lowest BCUT2D eigenvalue weighted by atomic mass is 10.0. The van der Waals surface area contributed by atoms with E-state index < -0.39 is 0 Å². The van der Waals surface area contributed by atoms with E-state index in [9.17, 15) is 4.79 Å². The number of rotatable bonds is 4. The minimum Gasteiger partial charge on any atom is -0.375 e. The summed E-state index contributed by atoms with van der Waals surface area (Å²) in [6, 6.07) is 0. The van der Waals surface area contributed by atoms with Crippen molar-refractivity contribution < 1.29 is 9.53 Å². The van der Waals surface area contributed by atoms with Crippen LogP contribution in [0.5, 0.6) is 0 Å². The number of hydrogen-bond donors (Lipinski definition) is 1. The van der Waals surface area contributed by atoms with Gasteiger partial charge in [-0.3, -0.25) is 4.79 Å². The van der Waals surface area contributed by atoms with E-state index in [4.69, 9.17) is 10.5 Å². The van der Waals surface area contributed by atoms with Crippen LogP contribution in [0.15, 0.2) is 0 Å². The van der Waals surface area contributed by atoms with Gasteiger partial charge < -0.3 is 15.4 Å². The molecule has 1 atom stereocenters. The third kappa shape index (κ3) is 4.62. The monoisotopic (exact) mass is 290 g/mol. The Kier molecular flexibility index (Phi) is 7.11. The molecule has 0 bridgehead atoms. The van der Waals surface area contributed by atoms with Crippen molar-refractivity contribution in [2.45, 2.75) is 57.7 Å². The second-order valence-corrected chi connectivity index (χ2v) is 5.70. The number of halogens is 1. The summed E-state index contributed by atoms with van der Waals surface area (Å²) in [5.41, 5.74) is 5.54. The van der Waals surface area contributed by atoms with E-state index in [1.54, 1.807) is 0 Å². The van der Waals surface area contributed by atoms with Crippen molar-refractivity contribution in [2.24, 2.45) is 11.7 Å². The second-order valence-electron chi connectivity index (χ2n) is 5.70. The van der Waals surface area contributed by atoms with Crippen molar-refractivity contribution in [1.29, 1.82) is 0 Å². The molecule has 0 spiro atoms. The summed E-state index contributed by atoms with van der Waals surface area (Å²) >= 11 is 0. The molecule has 4 nitrogen and oxygen atoms in total. The normalized spacial score (nSPS) is 23.2. The first-order valence-electron chi connectivity index (χ1n) is 7.35. The van der Waals surface area contributed by atoms with Crippen molar-refractivity contribution in [3.05, 3.63) is 0 Å². The van der Waals surface area contributed by atoms with Crippen LogP contribution in [0.3, 0.4) is 0 Å². The number of carbonyl (C=O) groups excluding carboxylic acids is 1. The summed E-state index contributed by atoms with van der Waals surface area (Å²) in [6.07, 6.45) is 7.91. The Morgan fingerprint density at radius 2 is 1.74 bits per heavy atom. The zero-order chi connectivity index (χ0) is 13.0. The second kappa shape index (κ2) is 8.08. The Morgan fingerprint density at radius 1 is 1.21 bits per heavy atom. The van der Waals surface area contributed by atoms with Gasteiger partial charge in [0.1, 0.15) is 0 Å². The molecule has 1 aliphatic heterocycles.